The molecule has 1 atom stereocenters. The van der Waals surface area contributed by atoms with Crippen molar-refractivity contribution in [2.75, 3.05) is 6.61 Å². The maximum Gasteiger partial charge on any atom is 0.425 e. The fourth-order valence-electron chi connectivity index (χ4n) is 1.43. The number of carbonyl (C=O) groups excluding carboxylic acids is 2. The molecule has 0 aromatic heterocycles. The number of esters is 2. The maximum atomic E-state index is 12.3. The Morgan fingerprint density at radius 1 is 1.09 bits per heavy atom. The van der Waals surface area contributed by atoms with Gasteiger partial charge in [0.25, 0.3) is 0 Å². The van der Waals surface area contributed by atoms with Gasteiger partial charge >= 0.3 is 18.1 Å². The number of hydrogen-bond acceptors (Lipinski definition) is 4. The fraction of sp³-hybridized carbons (Fsp3) is 0.467. The Kier molecular flexibility index (Phi) is 6.39. The van der Waals surface area contributed by atoms with Gasteiger partial charge in [-0.15, -0.1) is 0 Å². The number of unbranched alkanes of at least 4 members (excludes halogenated alkanes) is 1. The molecule has 1 aromatic carbocycles. The second-order valence-electron chi connectivity index (χ2n) is 4.66. The smallest absolute Gasteiger partial charge is 0.425 e. The molecule has 0 radical (unpaired) electrons. The van der Waals surface area contributed by atoms with Crippen molar-refractivity contribution in [3.8, 4) is 0 Å². The molecule has 0 heterocycles. The molecule has 22 heavy (non-hydrogen) atoms. The molecule has 0 N–H and O–H groups in total. The minimum absolute atomic E-state index is 0.0683. The van der Waals surface area contributed by atoms with E-state index in [4.69, 9.17) is 4.74 Å². The van der Waals surface area contributed by atoms with Crippen LogP contribution in [0.4, 0.5) is 13.2 Å². The first-order valence-corrected chi connectivity index (χ1v) is 6.80. The van der Waals surface area contributed by atoms with Gasteiger partial charge < -0.3 is 9.47 Å². The van der Waals surface area contributed by atoms with Gasteiger partial charge in [-0.1, -0.05) is 13.3 Å². The van der Waals surface area contributed by atoms with Gasteiger partial charge in [0.05, 0.1) is 17.7 Å². The Morgan fingerprint density at radius 2 is 1.59 bits per heavy atom. The first-order valence-electron chi connectivity index (χ1n) is 6.80. The van der Waals surface area contributed by atoms with E-state index in [1.165, 1.54) is 24.3 Å². The zero-order chi connectivity index (χ0) is 16.8. The van der Waals surface area contributed by atoms with Crippen molar-refractivity contribution in [3.05, 3.63) is 35.4 Å². The summed E-state index contributed by atoms with van der Waals surface area (Å²) in [7, 11) is 0. The van der Waals surface area contributed by atoms with Crippen LogP contribution in [0.2, 0.25) is 0 Å². The number of hydrogen-bond donors (Lipinski definition) is 0. The quantitative estimate of drug-likeness (QED) is 0.592. The van der Waals surface area contributed by atoms with Gasteiger partial charge in [-0.25, -0.2) is 9.59 Å². The maximum absolute atomic E-state index is 12.3. The molecule has 122 valence electrons. The molecule has 7 heteroatoms. The molecule has 0 aliphatic rings. The molecule has 0 amide bonds. The van der Waals surface area contributed by atoms with E-state index < -0.39 is 24.2 Å². The lowest BCUT2D eigenvalue weighted by atomic mass is 10.1. The van der Waals surface area contributed by atoms with Crippen LogP contribution in [0.25, 0.3) is 0 Å². The molecule has 1 unspecified atom stereocenters. The van der Waals surface area contributed by atoms with E-state index in [0.717, 1.165) is 19.8 Å². The molecule has 0 aliphatic carbocycles. The normalized spacial score (nSPS) is 12.6. The highest BCUT2D eigenvalue weighted by atomic mass is 19.4. The fourth-order valence-corrected chi connectivity index (χ4v) is 1.43. The summed E-state index contributed by atoms with van der Waals surface area (Å²) < 4.78 is 46.2. The minimum Gasteiger partial charge on any atom is -0.462 e. The number of carbonyl (C=O) groups is 2. The molecule has 0 spiro atoms. The summed E-state index contributed by atoms with van der Waals surface area (Å²) in [6.07, 6.45) is -5.18. The SMILES string of the molecule is CCCCOC(=O)c1ccc(C(=O)OC(C)C(F)(F)F)cc1. The Labute approximate surface area is 126 Å². The number of benzene rings is 1. The van der Waals surface area contributed by atoms with Gasteiger partial charge in [0, 0.05) is 0 Å². The summed E-state index contributed by atoms with van der Waals surface area (Å²) in [5.74, 6) is -1.65. The van der Waals surface area contributed by atoms with Gasteiger partial charge in [-0.05, 0) is 37.6 Å². The van der Waals surface area contributed by atoms with Crippen LogP contribution in [0.1, 0.15) is 47.4 Å². The van der Waals surface area contributed by atoms with Crippen molar-refractivity contribution >= 4 is 11.9 Å². The van der Waals surface area contributed by atoms with Gasteiger partial charge in [0.15, 0.2) is 6.10 Å². The van der Waals surface area contributed by atoms with Crippen molar-refractivity contribution in [1.82, 2.24) is 0 Å². The summed E-state index contributed by atoms with van der Waals surface area (Å²) in [5, 5.41) is 0. The van der Waals surface area contributed by atoms with Crippen molar-refractivity contribution < 1.29 is 32.2 Å². The van der Waals surface area contributed by atoms with Crippen LogP contribution in [0.5, 0.6) is 0 Å². The van der Waals surface area contributed by atoms with E-state index in [1.54, 1.807) is 0 Å². The molecule has 0 saturated heterocycles. The lowest BCUT2D eigenvalue weighted by Gasteiger charge is -2.16. The van der Waals surface area contributed by atoms with Crippen LogP contribution >= 0.6 is 0 Å². The van der Waals surface area contributed by atoms with E-state index in [2.05, 4.69) is 4.74 Å². The monoisotopic (exact) mass is 318 g/mol. The second kappa shape index (κ2) is 7.82. The van der Waals surface area contributed by atoms with Crippen molar-refractivity contribution in [2.24, 2.45) is 0 Å². The summed E-state index contributed by atoms with van der Waals surface area (Å²) >= 11 is 0. The molecule has 0 saturated carbocycles. The second-order valence-corrected chi connectivity index (χ2v) is 4.66. The van der Waals surface area contributed by atoms with Crippen molar-refractivity contribution in [2.45, 2.75) is 39.0 Å². The van der Waals surface area contributed by atoms with Gasteiger partial charge in [0.1, 0.15) is 0 Å². The molecular weight excluding hydrogens is 301 g/mol. The zero-order valence-corrected chi connectivity index (χ0v) is 12.3. The number of halogens is 3. The molecule has 0 bridgehead atoms. The summed E-state index contributed by atoms with van der Waals surface area (Å²) in [4.78, 5) is 23.2. The third kappa shape index (κ3) is 5.38. The zero-order valence-electron chi connectivity index (χ0n) is 12.3. The van der Waals surface area contributed by atoms with Crippen LogP contribution < -0.4 is 0 Å². The molecule has 4 nitrogen and oxygen atoms in total. The third-order valence-corrected chi connectivity index (χ3v) is 2.83. The highest BCUT2D eigenvalue weighted by Crippen LogP contribution is 2.23. The van der Waals surface area contributed by atoms with E-state index in [-0.39, 0.29) is 11.1 Å². The summed E-state index contributed by atoms with van der Waals surface area (Å²) in [6.45, 7) is 3.00. The number of rotatable bonds is 6. The average Bonchev–Trinajstić information content (AvgIpc) is 2.46. The Morgan fingerprint density at radius 3 is 2.05 bits per heavy atom. The molecule has 0 aliphatic heterocycles. The van der Waals surface area contributed by atoms with E-state index in [9.17, 15) is 22.8 Å². The summed E-state index contributed by atoms with van der Waals surface area (Å²) in [5.41, 5.74) is 0.151. The minimum atomic E-state index is -4.61. The van der Waals surface area contributed by atoms with Crippen LogP contribution in [0.15, 0.2) is 24.3 Å². The Balaban J connectivity index is 2.64. The van der Waals surface area contributed by atoms with Crippen molar-refractivity contribution in [1.29, 1.82) is 0 Å². The molecule has 1 aromatic rings. The van der Waals surface area contributed by atoms with Crippen molar-refractivity contribution in [3.63, 3.8) is 0 Å². The number of ether oxygens (including phenoxy) is 2. The largest absolute Gasteiger partial charge is 0.462 e. The van der Waals surface area contributed by atoms with Crippen LogP contribution in [-0.4, -0.2) is 30.8 Å². The van der Waals surface area contributed by atoms with Crippen LogP contribution in [0, 0.1) is 0 Å². The number of alkyl halides is 3. The third-order valence-electron chi connectivity index (χ3n) is 2.83. The predicted molar refractivity (Wildman–Crippen MR) is 72.6 cm³/mol. The van der Waals surface area contributed by atoms with E-state index >= 15 is 0 Å². The molecule has 1 rings (SSSR count). The van der Waals surface area contributed by atoms with E-state index in [1.807, 2.05) is 6.92 Å². The Hall–Kier alpha value is -2.05. The summed E-state index contributed by atoms with van der Waals surface area (Å²) in [6, 6.07) is 5.07. The Bertz CT molecular complexity index is 509. The van der Waals surface area contributed by atoms with E-state index in [0.29, 0.717) is 6.61 Å². The first-order chi connectivity index (χ1) is 10.3. The lowest BCUT2D eigenvalue weighted by molar-refractivity contribution is -0.198. The molecular formula is C15H17F3O4. The van der Waals surface area contributed by atoms with Gasteiger partial charge in [0.2, 0.25) is 0 Å². The topological polar surface area (TPSA) is 52.6 Å². The molecule has 0 fully saturated rings. The first kappa shape index (κ1) is 18.0. The highest BCUT2D eigenvalue weighted by Gasteiger charge is 2.39. The van der Waals surface area contributed by atoms with Crippen LogP contribution in [-0.2, 0) is 9.47 Å². The predicted octanol–water partition coefficient (Wildman–Crippen LogP) is 3.75. The standard InChI is InChI=1S/C15H17F3O4/c1-3-4-9-21-13(19)11-5-7-12(8-6-11)14(20)22-10(2)15(16,17)18/h5-8,10H,3-4,9H2,1-2H3. The average molecular weight is 318 g/mol. The van der Waals surface area contributed by atoms with Crippen LogP contribution in [0.3, 0.4) is 0 Å². The lowest BCUT2D eigenvalue weighted by Crippen LogP contribution is -2.30. The van der Waals surface area contributed by atoms with Gasteiger partial charge in [-0.3, -0.25) is 0 Å². The highest BCUT2D eigenvalue weighted by molar-refractivity contribution is 5.93. The van der Waals surface area contributed by atoms with Gasteiger partial charge in [-0.2, -0.15) is 13.2 Å².